The van der Waals surface area contributed by atoms with E-state index >= 15 is 0 Å². The zero-order valence-corrected chi connectivity index (χ0v) is 19.6. The number of nitrogens with zero attached hydrogens (tertiary/aromatic N) is 1. The highest BCUT2D eigenvalue weighted by Crippen LogP contribution is 2.17. The van der Waals surface area contributed by atoms with Crippen LogP contribution in [0.4, 0.5) is 0 Å². The number of ether oxygens (including phenoxy) is 3. The van der Waals surface area contributed by atoms with Gasteiger partial charge in [0, 0.05) is 24.3 Å². The lowest BCUT2D eigenvalue weighted by atomic mass is 10.2. The third-order valence-electron chi connectivity index (χ3n) is 3.34. The summed E-state index contributed by atoms with van der Waals surface area (Å²) in [5.41, 5.74) is -0.132. The van der Waals surface area contributed by atoms with Gasteiger partial charge >= 0.3 is 0 Å². The molecule has 0 aliphatic heterocycles. The van der Waals surface area contributed by atoms with Crippen molar-refractivity contribution in [2.24, 2.45) is 0 Å². The first-order valence-corrected chi connectivity index (χ1v) is 10.8. The summed E-state index contributed by atoms with van der Waals surface area (Å²) in [5.74, 6) is 1.71. The molecule has 0 saturated carbocycles. The Morgan fingerprint density at radius 1 is 1.21 bits per heavy atom. The third-order valence-corrected chi connectivity index (χ3v) is 4.08. The van der Waals surface area contributed by atoms with Gasteiger partial charge < -0.3 is 14.2 Å². The Bertz CT molecular complexity index is 682. The normalized spacial score (nSPS) is 13.7. The van der Waals surface area contributed by atoms with Crippen LogP contribution in [0.25, 0.3) is 0 Å². The van der Waals surface area contributed by atoms with Crippen molar-refractivity contribution < 1.29 is 14.2 Å². The zero-order valence-electron chi connectivity index (χ0n) is 18.8. The van der Waals surface area contributed by atoms with Crippen molar-refractivity contribution in [2.45, 2.75) is 57.6 Å². The van der Waals surface area contributed by atoms with Gasteiger partial charge in [0.05, 0.1) is 25.4 Å². The van der Waals surface area contributed by atoms with Crippen molar-refractivity contribution >= 4 is 11.8 Å². The van der Waals surface area contributed by atoms with Gasteiger partial charge in [0.2, 0.25) is 0 Å². The van der Waals surface area contributed by atoms with Gasteiger partial charge in [-0.2, -0.15) is 5.26 Å². The van der Waals surface area contributed by atoms with E-state index in [2.05, 4.69) is 24.5 Å². The number of thioether (sulfide) groups is 1. The largest absolute Gasteiger partial charge is 0.497 e. The molecule has 1 aromatic carbocycles. The maximum atomic E-state index is 7.32. The van der Waals surface area contributed by atoms with E-state index < -0.39 is 0 Å². The number of allylic oxidation sites excluding steroid dienone is 4. The van der Waals surface area contributed by atoms with Crippen LogP contribution in [0.2, 0.25) is 0 Å². The van der Waals surface area contributed by atoms with Gasteiger partial charge in [-0.15, -0.1) is 11.8 Å². The lowest BCUT2D eigenvalue weighted by Gasteiger charge is -2.23. The molecule has 4 nitrogen and oxygen atoms in total. The van der Waals surface area contributed by atoms with Crippen LogP contribution >= 0.6 is 11.8 Å². The SMILES string of the molecule is CC#N.COC1=CC=CCC(OC(C)COC(C)(C)C)=C1.CSc1ccccc1. The summed E-state index contributed by atoms with van der Waals surface area (Å²) in [4.78, 5) is 1.33. The summed E-state index contributed by atoms with van der Waals surface area (Å²) in [5, 5.41) is 7.32. The molecule has 160 valence electrons. The second kappa shape index (κ2) is 15.7. The summed E-state index contributed by atoms with van der Waals surface area (Å²) in [7, 11) is 1.66. The minimum Gasteiger partial charge on any atom is -0.497 e. The highest BCUT2D eigenvalue weighted by Gasteiger charge is 2.14. The van der Waals surface area contributed by atoms with Crippen molar-refractivity contribution in [3.8, 4) is 6.07 Å². The second-order valence-electron chi connectivity index (χ2n) is 7.11. The molecule has 0 radical (unpaired) electrons. The van der Waals surface area contributed by atoms with Crippen molar-refractivity contribution in [1.82, 2.24) is 0 Å². The summed E-state index contributed by atoms with van der Waals surface area (Å²) in [6.07, 6.45) is 10.8. The molecular formula is C24H35NO3S. The Labute approximate surface area is 181 Å². The summed E-state index contributed by atoms with van der Waals surface area (Å²) >= 11 is 1.77. The van der Waals surface area contributed by atoms with Gasteiger partial charge in [-0.1, -0.05) is 30.4 Å². The molecule has 0 fully saturated rings. The molecule has 1 aliphatic rings. The maximum absolute atomic E-state index is 7.32. The highest BCUT2D eigenvalue weighted by atomic mass is 32.2. The molecule has 1 aliphatic carbocycles. The van der Waals surface area contributed by atoms with Gasteiger partial charge in [0.1, 0.15) is 17.6 Å². The van der Waals surface area contributed by atoms with Crippen LogP contribution in [0.5, 0.6) is 0 Å². The van der Waals surface area contributed by atoms with Crippen molar-refractivity contribution in [2.75, 3.05) is 20.0 Å². The van der Waals surface area contributed by atoms with E-state index in [0.717, 1.165) is 17.9 Å². The molecular weight excluding hydrogens is 382 g/mol. The van der Waals surface area contributed by atoms with Gasteiger partial charge in [-0.25, -0.2) is 0 Å². The van der Waals surface area contributed by atoms with E-state index in [4.69, 9.17) is 19.5 Å². The monoisotopic (exact) mass is 417 g/mol. The number of methoxy groups -OCH3 is 1. The van der Waals surface area contributed by atoms with Gasteiger partial charge in [-0.3, -0.25) is 0 Å². The van der Waals surface area contributed by atoms with Crippen LogP contribution in [-0.4, -0.2) is 31.7 Å². The highest BCUT2D eigenvalue weighted by molar-refractivity contribution is 7.98. The Hall–Kier alpha value is -2.16. The number of nitriles is 1. The zero-order chi connectivity index (χ0) is 22.1. The van der Waals surface area contributed by atoms with Gasteiger partial charge in [0.15, 0.2) is 0 Å². The van der Waals surface area contributed by atoms with Gasteiger partial charge in [-0.05, 0) is 52.2 Å². The van der Waals surface area contributed by atoms with E-state index in [1.807, 2.05) is 64.1 Å². The molecule has 0 saturated heterocycles. The van der Waals surface area contributed by atoms with Crippen LogP contribution in [0.1, 0.15) is 41.0 Å². The fourth-order valence-corrected chi connectivity index (χ4v) is 2.47. The number of hydrogen-bond donors (Lipinski definition) is 0. The minimum absolute atomic E-state index is 0.0279. The molecule has 2 rings (SSSR count). The molecule has 0 amide bonds. The molecule has 0 bridgehead atoms. The number of benzene rings is 1. The predicted molar refractivity (Wildman–Crippen MR) is 123 cm³/mol. The van der Waals surface area contributed by atoms with E-state index in [0.29, 0.717) is 6.61 Å². The van der Waals surface area contributed by atoms with Crippen LogP contribution in [0, 0.1) is 11.3 Å². The quantitative estimate of drug-likeness (QED) is 0.493. The Balaban J connectivity index is 0.000000586. The fraction of sp³-hybridized carbons (Fsp3) is 0.458. The van der Waals surface area contributed by atoms with Crippen LogP contribution < -0.4 is 0 Å². The first-order valence-electron chi connectivity index (χ1n) is 9.57. The second-order valence-corrected chi connectivity index (χ2v) is 7.99. The first kappa shape index (κ1) is 26.8. The molecule has 0 spiro atoms. The fourth-order valence-electron chi connectivity index (χ4n) is 2.04. The predicted octanol–water partition coefficient (Wildman–Crippen LogP) is 6.52. The molecule has 0 N–H and O–H groups in total. The van der Waals surface area contributed by atoms with E-state index in [-0.39, 0.29) is 11.7 Å². The standard InChI is InChI=1S/C15H24O3.C7H8S.C2H3N/c1-12(11-17-15(2,3)4)18-14-9-7-6-8-13(10-14)16-5;1-8-7-5-3-2-4-6-7;1-2-3/h6-8,10,12H,9,11H2,1-5H3;2-6H,1H3;1H3. The summed E-state index contributed by atoms with van der Waals surface area (Å²) in [6.45, 7) is 10.1. The summed E-state index contributed by atoms with van der Waals surface area (Å²) in [6, 6.07) is 12.1. The van der Waals surface area contributed by atoms with Crippen LogP contribution in [-0.2, 0) is 14.2 Å². The van der Waals surface area contributed by atoms with Crippen LogP contribution in [0.3, 0.4) is 0 Å². The first-order chi connectivity index (χ1) is 13.8. The maximum Gasteiger partial charge on any atom is 0.122 e. The number of hydrogen-bond acceptors (Lipinski definition) is 5. The number of rotatable bonds is 6. The lowest BCUT2D eigenvalue weighted by Crippen LogP contribution is -2.26. The molecule has 1 aromatic rings. The van der Waals surface area contributed by atoms with Crippen molar-refractivity contribution in [3.63, 3.8) is 0 Å². The minimum atomic E-state index is -0.132. The lowest BCUT2D eigenvalue weighted by molar-refractivity contribution is -0.0523. The Morgan fingerprint density at radius 3 is 2.31 bits per heavy atom. The third kappa shape index (κ3) is 15.4. The Kier molecular flexibility index (Phi) is 14.6. The molecule has 0 aromatic heterocycles. The van der Waals surface area contributed by atoms with E-state index in [1.54, 1.807) is 24.9 Å². The smallest absolute Gasteiger partial charge is 0.122 e. The van der Waals surface area contributed by atoms with Gasteiger partial charge in [0.25, 0.3) is 0 Å². The molecule has 5 heteroatoms. The average Bonchev–Trinajstić information content (AvgIpc) is 2.92. The van der Waals surface area contributed by atoms with E-state index in [9.17, 15) is 0 Å². The summed E-state index contributed by atoms with van der Waals surface area (Å²) < 4.78 is 16.8. The topological polar surface area (TPSA) is 51.5 Å². The van der Waals surface area contributed by atoms with Crippen LogP contribution in [0.15, 0.2) is 71.0 Å². The molecule has 1 atom stereocenters. The Morgan fingerprint density at radius 2 is 1.83 bits per heavy atom. The van der Waals surface area contributed by atoms with Crippen molar-refractivity contribution in [3.05, 3.63) is 66.2 Å². The van der Waals surface area contributed by atoms with E-state index in [1.165, 1.54) is 11.8 Å². The molecule has 1 unspecified atom stereocenters. The molecule has 29 heavy (non-hydrogen) atoms. The average molecular weight is 418 g/mol. The molecule has 0 heterocycles. The van der Waals surface area contributed by atoms with Crippen molar-refractivity contribution in [1.29, 1.82) is 5.26 Å².